The fourth-order valence-electron chi connectivity index (χ4n) is 3.15. The number of benzene rings is 1. The van der Waals surface area contributed by atoms with Crippen molar-refractivity contribution in [1.29, 1.82) is 0 Å². The number of amides is 1. The molecule has 2 heterocycles. The highest BCUT2D eigenvalue weighted by molar-refractivity contribution is 7.99. The number of carbonyl (C=O) groups is 2. The number of halogens is 4. The van der Waals surface area contributed by atoms with Gasteiger partial charge in [-0.05, 0) is 54.9 Å². The zero-order valence-corrected chi connectivity index (χ0v) is 15.4. The Bertz CT molecular complexity index is 886. The van der Waals surface area contributed by atoms with Crippen LogP contribution in [0.3, 0.4) is 0 Å². The molecule has 28 heavy (non-hydrogen) atoms. The van der Waals surface area contributed by atoms with Gasteiger partial charge in [0.05, 0.1) is 11.1 Å². The Hall–Kier alpha value is -2.42. The molecule has 1 aromatic carbocycles. The molecule has 1 aliphatic rings. The predicted molar refractivity (Wildman–Crippen MR) is 95.4 cm³/mol. The lowest BCUT2D eigenvalue weighted by Gasteiger charge is -2.31. The zero-order chi connectivity index (χ0) is 20.3. The molecule has 0 bridgehead atoms. The van der Waals surface area contributed by atoms with Crippen LogP contribution in [-0.4, -0.2) is 40.4 Å². The van der Waals surface area contributed by atoms with Crippen LogP contribution in [-0.2, 0) is 0 Å². The maximum Gasteiger partial charge on any atom is 0.290 e. The highest BCUT2D eigenvalue weighted by Gasteiger charge is 2.31. The first-order valence-electron chi connectivity index (χ1n) is 8.55. The van der Waals surface area contributed by atoms with Gasteiger partial charge >= 0.3 is 0 Å². The minimum Gasteiger partial charge on any atom is -0.339 e. The van der Waals surface area contributed by atoms with E-state index in [-0.39, 0.29) is 53.8 Å². The van der Waals surface area contributed by atoms with Crippen molar-refractivity contribution in [3.63, 3.8) is 0 Å². The lowest BCUT2D eigenvalue weighted by Crippen LogP contribution is -2.40. The second-order valence-corrected chi connectivity index (χ2v) is 7.27. The van der Waals surface area contributed by atoms with Crippen LogP contribution in [0.5, 0.6) is 0 Å². The van der Waals surface area contributed by atoms with Gasteiger partial charge in [-0.15, -0.1) is 0 Å². The molecule has 2 aromatic rings. The molecule has 3 rings (SSSR count). The molecular formula is C19H16F4N2O2S. The number of alkyl halides is 2. The maximum absolute atomic E-state index is 13.8. The van der Waals surface area contributed by atoms with Crippen molar-refractivity contribution in [1.82, 2.24) is 9.88 Å². The van der Waals surface area contributed by atoms with Crippen LogP contribution in [0, 0.1) is 17.6 Å². The maximum atomic E-state index is 13.8. The first-order chi connectivity index (χ1) is 13.4. The molecule has 1 aliphatic heterocycles. The van der Waals surface area contributed by atoms with E-state index in [2.05, 4.69) is 4.98 Å². The molecule has 0 aliphatic carbocycles. The topological polar surface area (TPSA) is 50.3 Å². The summed E-state index contributed by atoms with van der Waals surface area (Å²) in [6.07, 6.45) is 1.89. The number of likely N-dealkylation sites (tertiary alicyclic amines) is 1. The SMILES string of the molecule is O=C(c1cc(F)ccc1F)C1CCN(C(=O)c2cccnc2SC(F)F)CC1. The number of nitrogens with zero attached hydrogens (tertiary/aromatic N) is 2. The van der Waals surface area contributed by atoms with Crippen molar-refractivity contribution >= 4 is 23.5 Å². The van der Waals surface area contributed by atoms with Gasteiger partial charge in [-0.25, -0.2) is 13.8 Å². The number of aromatic nitrogens is 1. The van der Waals surface area contributed by atoms with E-state index in [4.69, 9.17) is 0 Å². The Morgan fingerprint density at radius 1 is 1.11 bits per heavy atom. The van der Waals surface area contributed by atoms with Crippen LogP contribution < -0.4 is 0 Å². The second kappa shape index (κ2) is 8.72. The lowest BCUT2D eigenvalue weighted by molar-refractivity contribution is 0.0645. The fourth-order valence-corrected chi connectivity index (χ4v) is 3.73. The van der Waals surface area contributed by atoms with Crippen LogP contribution in [0.4, 0.5) is 17.6 Å². The minimum atomic E-state index is -2.70. The highest BCUT2D eigenvalue weighted by Crippen LogP contribution is 2.29. The molecule has 148 valence electrons. The van der Waals surface area contributed by atoms with Crippen LogP contribution in [0.1, 0.15) is 33.6 Å². The smallest absolute Gasteiger partial charge is 0.290 e. The number of piperidine rings is 1. The van der Waals surface area contributed by atoms with Gasteiger partial charge in [-0.1, -0.05) is 0 Å². The third kappa shape index (κ3) is 4.52. The largest absolute Gasteiger partial charge is 0.339 e. The van der Waals surface area contributed by atoms with Gasteiger partial charge in [0, 0.05) is 25.2 Å². The minimum absolute atomic E-state index is 0.0532. The molecule has 0 spiro atoms. The molecule has 9 heteroatoms. The molecule has 0 N–H and O–H groups in total. The molecule has 0 atom stereocenters. The Morgan fingerprint density at radius 3 is 2.50 bits per heavy atom. The van der Waals surface area contributed by atoms with E-state index >= 15 is 0 Å². The summed E-state index contributed by atoms with van der Waals surface area (Å²) in [5, 5.41) is -0.0532. The molecule has 1 fully saturated rings. The monoisotopic (exact) mass is 412 g/mol. The number of hydrogen-bond acceptors (Lipinski definition) is 4. The summed E-state index contributed by atoms with van der Waals surface area (Å²) in [7, 11) is 0. The van der Waals surface area contributed by atoms with E-state index in [0.717, 1.165) is 18.2 Å². The van der Waals surface area contributed by atoms with E-state index in [1.807, 2.05) is 0 Å². The first-order valence-corrected chi connectivity index (χ1v) is 9.43. The van der Waals surface area contributed by atoms with E-state index in [1.54, 1.807) is 0 Å². The van der Waals surface area contributed by atoms with Gasteiger partial charge in [0.2, 0.25) is 0 Å². The van der Waals surface area contributed by atoms with Gasteiger partial charge in [0.1, 0.15) is 16.7 Å². The average Bonchev–Trinajstić information content (AvgIpc) is 2.69. The molecule has 0 radical (unpaired) electrons. The molecule has 0 unspecified atom stereocenters. The van der Waals surface area contributed by atoms with Gasteiger partial charge < -0.3 is 4.90 Å². The fraction of sp³-hybridized carbons (Fsp3) is 0.316. The summed E-state index contributed by atoms with van der Waals surface area (Å²) in [6, 6.07) is 5.64. The number of pyridine rings is 1. The summed E-state index contributed by atoms with van der Waals surface area (Å²) >= 11 is 0.200. The van der Waals surface area contributed by atoms with Gasteiger partial charge in [-0.3, -0.25) is 9.59 Å². The van der Waals surface area contributed by atoms with Gasteiger partial charge in [0.15, 0.2) is 5.78 Å². The number of carbonyl (C=O) groups excluding carboxylic acids is 2. The Kier molecular flexibility index (Phi) is 6.33. The quantitative estimate of drug-likeness (QED) is 0.415. The predicted octanol–water partition coefficient (Wildman–Crippen LogP) is 4.41. The summed E-state index contributed by atoms with van der Waals surface area (Å²) in [5.41, 5.74) is -0.221. The zero-order valence-electron chi connectivity index (χ0n) is 14.6. The summed E-state index contributed by atoms with van der Waals surface area (Å²) < 4.78 is 52.5. The van der Waals surface area contributed by atoms with E-state index < -0.39 is 35.0 Å². The molecule has 1 aromatic heterocycles. The number of hydrogen-bond donors (Lipinski definition) is 0. The number of Topliss-reactive ketones (excluding diaryl/α,β-unsaturated/α-hetero) is 1. The van der Waals surface area contributed by atoms with Crippen molar-refractivity contribution in [3.8, 4) is 0 Å². The summed E-state index contributed by atoms with van der Waals surface area (Å²) in [4.78, 5) is 30.5. The van der Waals surface area contributed by atoms with Crippen molar-refractivity contribution in [2.75, 3.05) is 13.1 Å². The van der Waals surface area contributed by atoms with E-state index in [9.17, 15) is 27.2 Å². The van der Waals surface area contributed by atoms with Crippen molar-refractivity contribution in [2.24, 2.45) is 5.92 Å². The van der Waals surface area contributed by atoms with Crippen molar-refractivity contribution < 1.29 is 27.2 Å². The highest BCUT2D eigenvalue weighted by atomic mass is 32.2. The molecule has 1 amide bonds. The average molecular weight is 412 g/mol. The Morgan fingerprint density at radius 2 is 1.82 bits per heavy atom. The molecule has 0 saturated carbocycles. The van der Waals surface area contributed by atoms with Gasteiger partial charge in [0.25, 0.3) is 11.7 Å². The summed E-state index contributed by atoms with van der Waals surface area (Å²) in [5.74, 6) is -5.67. The Balaban J connectivity index is 1.68. The van der Waals surface area contributed by atoms with Crippen LogP contribution >= 0.6 is 11.8 Å². The Labute approximate surface area is 162 Å². The number of thioether (sulfide) groups is 1. The number of rotatable bonds is 5. The van der Waals surface area contributed by atoms with Crippen molar-refractivity contribution in [3.05, 3.63) is 59.3 Å². The second-order valence-electron chi connectivity index (χ2n) is 6.29. The standard InChI is InChI=1S/C19H16F4N2O2S/c20-12-3-4-15(21)14(10-12)16(26)11-5-8-25(9-6-11)18(27)13-2-1-7-24-17(13)28-19(22)23/h1-4,7,10-11,19H,5-6,8-9H2. The third-order valence-electron chi connectivity index (χ3n) is 4.55. The number of ketones is 1. The van der Waals surface area contributed by atoms with Gasteiger partial charge in [-0.2, -0.15) is 8.78 Å². The van der Waals surface area contributed by atoms with Crippen LogP contribution in [0.25, 0.3) is 0 Å². The van der Waals surface area contributed by atoms with E-state index in [0.29, 0.717) is 0 Å². The molecule has 4 nitrogen and oxygen atoms in total. The normalized spacial score (nSPS) is 15.1. The third-order valence-corrected chi connectivity index (χ3v) is 5.28. The van der Waals surface area contributed by atoms with Crippen LogP contribution in [0.2, 0.25) is 0 Å². The lowest BCUT2D eigenvalue weighted by atomic mass is 9.88. The molecule has 1 saturated heterocycles. The van der Waals surface area contributed by atoms with E-state index in [1.165, 1.54) is 23.2 Å². The first kappa shape index (κ1) is 20.3. The van der Waals surface area contributed by atoms with Crippen LogP contribution in [0.15, 0.2) is 41.6 Å². The van der Waals surface area contributed by atoms with Crippen molar-refractivity contribution in [2.45, 2.75) is 23.6 Å². The molecular weight excluding hydrogens is 396 g/mol. The summed E-state index contributed by atoms with van der Waals surface area (Å²) in [6.45, 7) is 0.416.